The average Bonchev–Trinajstić information content (AvgIpc) is 3.06. The van der Waals surface area contributed by atoms with Crippen molar-refractivity contribution in [1.29, 1.82) is 0 Å². The van der Waals surface area contributed by atoms with E-state index in [0.29, 0.717) is 33.6 Å². The maximum Gasteiger partial charge on any atom is 0.336 e. The van der Waals surface area contributed by atoms with E-state index in [1.54, 1.807) is 48.0 Å². The van der Waals surface area contributed by atoms with Crippen LogP contribution in [0.5, 0.6) is 0 Å². The van der Waals surface area contributed by atoms with Crippen LogP contribution < -0.4 is 10.9 Å². The molecule has 2 aromatic heterocycles. The number of hydrogen-bond acceptors (Lipinski definition) is 6. The second-order valence-electron chi connectivity index (χ2n) is 6.62. The van der Waals surface area contributed by atoms with Crippen molar-refractivity contribution in [2.24, 2.45) is 7.05 Å². The van der Waals surface area contributed by atoms with Gasteiger partial charge in [-0.2, -0.15) is 0 Å². The normalized spacial score (nSPS) is 11.0. The van der Waals surface area contributed by atoms with Crippen molar-refractivity contribution in [2.45, 2.75) is 17.8 Å². The van der Waals surface area contributed by atoms with Crippen molar-refractivity contribution >= 4 is 34.3 Å². The van der Waals surface area contributed by atoms with Gasteiger partial charge in [0.05, 0.1) is 5.56 Å². The van der Waals surface area contributed by atoms with Crippen molar-refractivity contribution in [2.75, 3.05) is 5.32 Å². The van der Waals surface area contributed by atoms with Crippen LogP contribution in [0.2, 0.25) is 0 Å². The van der Waals surface area contributed by atoms with Gasteiger partial charge < -0.3 is 14.3 Å². The number of aromatic nitrogens is 3. The molecule has 0 aliphatic heterocycles. The Balaban J connectivity index is 1.62. The van der Waals surface area contributed by atoms with Gasteiger partial charge in [0.15, 0.2) is 11.0 Å². The largest absolute Gasteiger partial charge is 0.423 e. The van der Waals surface area contributed by atoms with Crippen molar-refractivity contribution in [3.63, 3.8) is 0 Å². The average molecular weight is 424 g/mol. The third-order valence-corrected chi connectivity index (χ3v) is 5.53. The first-order chi connectivity index (χ1) is 14.4. The lowest BCUT2D eigenvalue weighted by Gasteiger charge is -2.08. The number of nitrogens with zero attached hydrogens (tertiary/aromatic N) is 3. The zero-order valence-electron chi connectivity index (χ0n) is 16.2. The molecule has 4 aromatic rings. The molecule has 0 saturated carbocycles. The van der Waals surface area contributed by atoms with Crippen LogP contribution >= 0.6 is 11.8 Å². The lowest BCUT2D eigenvalue weighted by Crippen LogP contribution is -2.06. The van der Waals surface area contributed by atoms with E-state index in [-0.39, 0.29) is 11.7 Å². The minimum atomic E-state index is -0.483. The fourth-order valence-electron chi connectivity index (χ4n) is 3.09. The van der Waals surface area contributed by atoms with Gasteiger partial charge in [-0.05, 0) is 29.8 Å². The minimum Gasteiger partial charge on any atom is -0.423 e. The summed E-state index contributed by atoms with van der Waals surface area (Å²) in [6, 6.07) is 13.0. The van der Waals surface area contributed by atoms with Crippen LogP contribution in [-0.2, 0) is 17.6 Å². The zero-order valence-corrected chi connectivity index (χ0v) is 17.0. The molecular weight excluding hydrogens is 407 g/mol. The molecule has 2 heterocycles. The first kappa shape index (κ1) is 19.8. The Labute approximate surface area is 174 Å². The van der Waals surface area contributed by atoms with Gasteiger partial charge in [0.1, 0.15) is 11.4 Å². The fraction of sp³-hybridized carbons (Fsp3) is 0.143. The van der Waals surface area contributed by atoms with E-state index < -0.39 is 5.63 Å². The molecule has 0 aliphatic carbocycles. The number of carbonyl (C=O) groups is 1. The van der Waals surface area contributed by atoms with E-state index in [9.17, 15) is 14.0 Å². The SMILES string of the molecule is CC(=O)Nc1ccc2c(CSc3nnc(-c4ccccc4F)n3C)cc(=O)oc2c1. The summed E-state index contributed by atoms with van der Waals surface area (Å²) in [5.41, 5.74) is 1.58. The standard InChI is InChI=1S/C21H17FN4O3S/c1-12(27)23-14-7-8-15-13(9-19(28)29-18(15)10-14)11-30-21-25-24-20(26(21)2)16-5-3-4-6-17(16)22/h3-10H,11H2,1-2H3,(H,23,27). The van der Waals surface area contributed by atoms with E-state index in [4.69, 9.17) is 4.42 Å². The molecule has 1 N–H and O–H groups in total. The highest BCUT2D eigenvalue weighted by molar-refractivity contribution is 7.98. The highest BCUT2D eigenvalue weighted by Gasteiger charge is 2.15. The second kappa shape index (κ2) is 8.11. The second-order valence-corrected chi connectivity index (χ2v) is 7.56. The lowest BCUT2D eigenvalue weighted by molar-refractivity contribution is -0.114. The predicted octanol–water partition coefficient (Wildman–Crippen LogP) is 3.98. The highest BCUT2D eigenvalue weighted by atomic mass is 32.2. The number of rotatable bonds is 5. The molecular formula is C21H17FN4O3S. The van der Waals surface area contributed by atoms with Crippen LogP contribution in [0, 0.1) is 5.82 Å². The van der Waals surface area contributed by atoms with E-state index in [1.807, 2.05) is 0 Å². The van der Waals surface area contributed by atoms with E-state index in [0.717, 1.165) is 10.9 Å². The molecule has 0 fully saturated rings. The summed E-state index contributed by atoms with van der Waals surface area (Å²) in [4.78, 5) is 23.3. The van der Waals surface area contributed by atoms with E-state index >= 15 is 0 Å². The summed E-state index contributed by atoms with van der Waals surface area (Å²) in [5.74, 6) is 0.278. The molecule has 0 radical (unpaired) electrons. The Morgan fingerprint density at radius 2 is 2.00 bits per heavy atom. The van der Waals surface area contributed by atoms with Crippen molar-refractivity contribution < 1.29 is 13.6 Å². The smallest absolute Gasteiger partial charge is 0.336 e. The molecule has 0 unspecified atom stereocenters. The number of halogens is 1. The molecule has 152 valence electrons. The van der Waals surface area contributed by atoms with E-state index in [2.05, 4.69) is 15.5 Å². The summed E-state index contributed by atoms with van der Waals surface area (Å²) in [5, 5.41) is 12.3. The number of amides is 1. The molecule has 1 amide bonds. The highest BCUT2D eigenvalue weighted by Crippen LogP contribution is 2.29. The number of carbonyl (C=O) groups excluding carboxylic acids is 1. The third kappa shape index (κ3) is 3.97. The molecule has 0 atom stereocenters. The number of anilines is 1. The van der Waals surface area contributed by atoms with Gasteiger partial charge in [0.25, 0.3) is 0 Å². The lowest BCUT2D eigenvalue weighted by atomic mass is 10.1. The molecule has 7 nitrogen and oxygen atoms in total. The van der Waals surface area contributed by atoms with Gasteiger partial charge in [0, 0.05) is 42.9 Å². The van der Waals surface area contributed by atoms with Gasteiger partial charge in [-0.3, -0.25) is 4.79 Å². The fourth-order valence-corrected chi connectivity index (χ4v) is 3.99. The molecule has 0 spiro atoms. The van der Waals surface area contributed by atoms with Crippen LogP contribution in [0.1, 0.15) is 12.5 Å². The molecule has 0 bridgehead atoms. The minimum absolute atomic E-state index is 0.212. The Morgan fingerprint density at radius 1 is 1.20 bits per heavy atom. The van der Waals surface area contributed by atoms with Gasteiger partial charge in [0.2, 0.25) is 5.91 Å². The van der Waals surface area contributed by atoms with Crippen LogP contribution in [-0.4, -0.2) is 20.7 Å². The van der Waals surface area contributed by atoms with Crippen LogP contribution in [0.25, 0.3) is 22.4 Å². The summed E-state index contributed by atoms with van der Waals surface area (Å²) in [6.45, 7) is 1.41. The quantitative estimate of drug-likeness (QED) is 0.385. The maximum atomic E-state index is 14.1. The first-order valence-electron chi connectivity index (χ1n) is 9.04. The Kier molecular flexibility index (Phi) is 5.37. The third-order valence-electron chi connectivity index (χ3n) is 4.46. The first-order valence-corrected chi connectivity index (χ1v) is 10.0. The van der Waals surface area contributed by atoms with Gasteiger partial charge in [-0.15, -0.1) is 10.2 Å². The topological polar surface area (TPSA) is 90.0 Å². The molecule has 0 saturated heterocycles. The predicted molar refractivity (Wildman–Crippen MR) is 113 cm³/mol. The van der Waals surface area contributed by atoms with E-state index in [1.165, 1.54) is 30.8 Å². The molecule has 2 aromatic carbocycles. The summed E-state index contributed by atoms with van der Waals surface area (Å²) < 4.78 is 21.1. The molecule has 9 heteroatoms. The number of benzene rings is 2. The summed E-state index contributed by atoms with van der Waals surface area (Å²) in [7, 11) is 1.77. The Bertz CT molecular complexity index is 1320. The summed E-state index contributed by atoms with van der Waals surface area (Å²) >= 11 is 1.38. The van der Waals surface area contributed by atoms with Gasteiger partial charge >= 0.3 is 5.63 Å². The number of thioether (sulfide) groups is 1. The van der Waals surface area contributed by atoms with Crippen molar-refractivity contribution in [3.8, 4) is 11.4 Å². The number of hydrogen-bond donors (Lipinski definition) is 1. The monoisotopic (exact) mass is 424 g/mol. The van der Waals surface area contributed by atoms with Crippen LogP contribution in [0.3, 0.4) is 0 Å². The van der Waals surface area contributed by atoms with Gasteiger partial charge in [-0.25, -0.2) is 9.18 Å². The number of nitrogens with one attached hydrogen (secondary N) is 1. The Hall–Kier alpha value is -3.46. The summed E-state index contributed by atoms with van der Waals surface area (Å²) in [6.07, 6.45) is 0. The van der Waals surface area contributed by atoms with Crippen LogP contribution in [0.15, 0.2) is 62.9 Å². The Morgan fingerprint density at radius 3 is 2.77 bits per heavy atom. The van der Waals surface area contributed by atoms with Crippen LogP contribution in [0.4, 0.5) is 10.1 Å². The molecule has 4 rings (SSSR count). The maximum absolute atomic E-state index is 14.1. The van der Waals surface area contributed by atoms with Gasteiger partial charge in [-0.1, -0.05) is 23.9 Å². The molecule has 30 heavy (non-hydrogen) atoms. The molecule has 0 aliphatic rings. The number of fused-ring (bicyclic) bond motifs is 1. The van der Waals surface area contributed by atoms with Crippen molar-refractivity contribution in [1.82, 2.24) is 14.8 Å². The zero-order chi connectivity index (χ0) is 21.3. The van der Waals surface area contributed by atoms with Crippen molar-refractivity contribution in [3.05, 3.63) is 70.3 Å².